The van der Waals surface area contributed by atoms with Crippen LogP contribution >= 0.6 is 0 Å². The summed E-state index contributed by atoms with van der Waals surface area (Å²) >= 11 is 0. The first-order chi connectivity index (χ1) is 12.6. The minimum Gasteiger partial charge on any atom is -0.478 e. The molecule has 2 N–H and O–H groups in total. The van der Waals surface area contributed by atoms with Crippen LogP contribution in [0, 0.1) is 5.82 Å². The number of para-hydroxylation sites is 1. The molecule has 0 unspecified atom stereocenters. The molecule has 4 nitrogen and oxygen atoms in total. The van der Waals surface area contributed by atoms with Gasteiger partial charge in [-0.25, -0.2) is 9.18 Å². The van der Waals surface area contributed by atoms with Gasteiger partial charge < -0.3 is 10.1 Å². The highest BCUT2D eigenvalue weighted by Crippen LogP contribution is 2.33. The van der Waals surface area contributed by atoms with Gasteiger partial charge in [-0.3, -0.25) is 4.90 Å². The van der Waals surface area contributed by atoms with Crippen molar-refractivity contribution in [2.24, 2.45) is 0 Å². The normalized spacial score (nSPS) is 16.2. The zero-order valence-corrected chi connectivity index (χ0v) is 14.4. The van der Waals surface area contributed by atoms with Crippen LogP contribution < -0.4 is 0 Å². The van der Waals surface area contributed by atoms with Crippen molar-refractivity contribution in [3.63, 3.8) is 0 Å². The third-order valence-electron chi connectivity index (χ3n) is 5.32. The van der Waals surface area contributed by atoms with Crippen LogP contribution in [0.3, 0.4) is 0 Å². The Kier molecular flexibility index (Phi) is 4.47. The molecule has 2 aromatic carbocycles. The van der Waals surface area contributed by atoms with E-state index in [-0.39, 0.29) is 5.56 Å². The lowest BCUT2D eigenvalue weighted by atomic mass is 9.89. The first-order valence-electron chi connectivity index (χ1n) is 8.92. The number of halogens is 1. The Labute approximate surface area is 151 Å². The fourth-order valence-corrected chi connectivity index (χ4v) is 3.93. The first-order valence-corrected chi connectivity index (χ1v) is 8.92. The molecule has 4 rings (SSSR count). The molecule has 1 aliphatic heterocycles. The van der Waals surface area contributed by atoms with Gasteiger partial charge in [0.15, 0.2) is 0 Å². The van der Waals surface area contributed by atoms with E-state index in [0.29, 0.717) is 12.5 Å². The number of aromatic nitrogens is 1. The molecular weight excluding hydrogens is 331 g/mol. The molecule has 3 aromatic rings. The smallest absolute Gasteiger partial charge is 0.338 e. The van der Waals surface area contributed by atoms with Crippen LogP contribution in [0.2, 0.25) is 0 Å². The maximum absolute atomic E-state index is 13.5. The van der Waals surface area contributed by atoms with Gasteiger partial charge in [-0.1, -0.05) is 24.3 Å². The van der Waals surface area contributed by atoms with E-state index >= 15 is 0 Å². The van der Waals surface area contributed by atoms with Gasteiger partial charge in [0.25, 0.3) is 0 Å². The SMILES string of the molecule is O=C(O)c1cc(CN2CCC(c3c[nH]c4ccccc34)CC2)ccc1F. The van der Waals surface area contributed by atoms with E-state index in [1.165, 1.54) is 28.6 Å². The standard InChI is InChI=1S/C21H21FN2O2/c22-19-6-5-14(11-17(19)21(25)26)13-24-9-7-15(8-10-24)18-12-23-20-4-2-1-3-16(18)20/h1-6,11-12,15,23H,7-10,13H2,(H,25,26). The van der Waals surface area contributed by atoms with Crippen molar-refractivity contribution in [1.29, 1.82) is 0 Å². The Morgan fingerprint density at radius 1 is 1.19 bits per heavy atom. The predicted octanol–water partition coefficient (Wildman–Crippen LogP) is 4.38. The van der Waals surface area contributed by atoms with E-state index in [9.17, 15) is 9.18 Å². The number of nitrogens with one attached hydrogen (secondary N) is 1. The minimum absolute atomic E-state index is 0.254. The lowest BCUT2D eigenvalue weighted by molar-refractivity contribution is 0.0691. The van der Waals surface area contributed by atoms with Crippen LogP contribution in [0.25, 0.3) is 10.9 Å². The van der Waals surface area contributed by atoms with Gasteiger partial charge in [0.1, 0.15) is 5.82 Å². The molecule has 0 radical (unpaired) electrons. The zero-order chi connectivity index (χ0) is 18.1. The molecule has 0 atom stereocenters. The van der Waals surface area contributed by atoms with Crippen LogP contribution in [0.5, 0.6) is 0 Å². The summed E-state index contributed by atoms with van der Waals surface area (Å²) in [7, 11) is 0. The number of aromatic amines is 1. The summed E-state index contributed by atoms with van der Waals surface area (Å²) < 4.78 is 13.5. The minimum atomic E-state index is -1.22. The molecule has 0 aliphatic carbocycles. The number of H-pyrrole nitrogens is 1. The molecule has 1 aliphatic rings. The molecule has 1 aromatic heterocycles. The summed E-state index contributed by atoms with van der Waals surface area (Å²) in [6.07, 6.45) is 4.26. The van der Waals surface area contributed by atoms with Gasteiger partial charge >= 0.3 is 5.97 Å². The van der Waals surface area contributed by atoms with Gasteiger partial charge in [-0.05, 0) is 61.2 Å². The maximum Gasteiger partial charge on any atom is 0.338 e. The van der Waals surface area contributed by atoms with E-state index in [1.807, 2.05) is 6.07 Å². The Hall–Kier alpha value is -2.66. The lowest BCUT2D eigenvalue weighted by Crippen LogP contribution is -2.32. The zero-order valence-electron chi connectivity index (χ0n) is 14.4. The van der Waals surface area contributed by atoms with E-state index in [0.717, 1.165) is 31.5 Å². The average molecular weight is 352 g/mol. The third-order valence-corrected chi connectivity index (χ3v) is 5.32. The number of piperidine rings is 1. The Morgan fingerprint density at radius 3 is 2.73 bits per heavy atom. The number of carboxylic acids is 1. The number of hydrogen-bond acceptors (Lipinski definition) is 2. The molecular formula is C21H21FN2O2. The molecule has 26 heavy (non-hydrogen) atoms. The van der Waals surface area contributed by atoms with Crippen LogP contribution in [0.15, 0.2) is 48.7 Å². The molecule has 134 valence electrons. The third kappa shape index (κ3) is 3.22. The monoisotopic (exact) mass is 352 g/mol. The second-order valence-corrected chi connectivity index (χ2v) is 6.96. The summed E-state index contributed by atoms with van der Waals surface area (Å²) in [6, 6.07) is 12.7. The van der Waals surface area contributed by atoms with Crippen molar-refractivity contribution in [2.45, 2.75) is 25.3 Å². The largest absolute Gasteiger partial charge is 0.478 e. The summed E-state index contributed by atoms with van der Waals surface area (Å²) in [5.74, 6) is -1.37. The molecule has 2 heterocycles. The van der Waals surface area contributed by atoms with Gasteiger partial charge in [0, 0.05) is 23.6 Å². The van der Waals surface area contributed by atoms with Gasteiger partial charge in [0.2, 0.25) is 0 Å². The number of nitrogens with zero attached hydrogens (tertiary/aromatic N) is 1. The molecule has 0 bridgehead atoms. The fraction of sp³-hybridized carbons (Fsp3) is 0.286. The molecule has 1 fully saturated rings. The average Bonchev–Trinajstić information content (AvgIpc) is 3.08. The van der Waals surface area contributed by atoms with E-state index in [4.69, 9.17) is 5.11 Å². The summed E-state index contributed by atoms with van der Waals surface area (Å²) in [5, 5.41) is 10.4. The molecule has 1 saturated heterocycles. The predicted molar refractivity (Wildman–Crippen MR) is 98.9 cm³/mol. The second kappa shape index (κ2) is 6.92. The van der Waals surface area contributed by atoms with Crippen LogP contribution in [-0.2, 0) is 6.54 Å². The summed E-state index contributed by atoms with van der Waals surface area (Å²) in [5.41, 5.74) is 3.15. The molecule has 0 saturated carbocycles. The summed E-state index contributed by atoms with van der Waals surface area (Å²) in [4.78, 5) is 16.8. The topological polar surface area (TPSA) is 56.3 Å². The fourth-order valence-electron chi connectivity index (χ4n) is 3.93. The molecule has 0 amide bonds. The van der Waals surface area contributed by atoms with Crippen LogP contribution in [-0.4, -0.2) is 34.0 Å². The number of carbonyl (C=O) groups is 1. The van der Waals surface area contributed by atoms with Gasteiger partial charge in [-0.2, -0.15) is 0 Å². The Morgan fingerprint density at radius 2 is 1.96 bits per heavy atom. The van der Waals surface area contributed by atoms with Crippen molar-refractivity contribution < 1.29 is 14.3 Å². The summed E-state index contributed by atoms with van der Waals surface area (Å²) in [6.45, 7) is 2.55. The van der Waals surface area contributed by atoms with Crippen molar-refractivity contribution in [2.75, 3.05) is 13.1 Å². The highest BCUT2D eigenvalue weighted by atomic mass is 19.1. The number of rotatable bonds is 4. The van der Waals surface area contributed by atoms with Crippen LogP contribution in [0.1, 0.15) is 40.2 Å². The highest BCUT2D eigenvalue weighted by Gasteiger charge is 2.23. The molecule has 0 spiro atoms. The van der Waals surface area contributed by atoms with Crippen molar-refractivity contribution in [3.05, 3.63) is 71.2 Å². The van der Waals surface area contributed by atoms with Crippen LogP contribution in [0.4, 0.5) is 4.39 Å². The number of hydrogen-bond donors (Lipinski definition) is 2. The van der Waals surface area contributed by atoms with Crippen molar-refractivity contribution >= 4 is 16.9 Å². The van der Waals surface area contributed by atoms with Gasteiger partial charge in [-0.15, -0.1) is 0 Å². The maximum atomic E-state index is 13.5. The second-order valence-electron chi connectivity index (χ2n) is 6.96. The number of aromatic carboxylic acids is 1. The molecule has 5 heteroatoms. The first kappa shape index (κ1) is 16.8. The van der Waals surface area contributed by atoms with Crippen molar-refractivity contribution in [1.82, 2.24) is 9.88 Å². The highest BCUT2D eigenvalue weighted by molar-refractivity contribution is 5.88. The lowest BCUT2D eigenvalue weighted by Gasteiger charge is -2.32. The van der Waals surface area contributed by atoms with E-state index < -0.39 is 11.8 Å². The number of carboxylic acid groups (broad SMARTS) is 1. The van der Waals surface area contributed by atoms with E-state index in [1.54, 1.807) is 6.07 Å². The van der Waals surface area contributed by atoms with Crippen molar-refractivity contribution in [3.8, 4) is 0 Å². The Bertz CT molecular complexity index is 942. The number of fused-ring (bicyclic) bond motifs is 1. The number of likely N-dealkylation sites (tertiary alicyclic amines) is 1. The quantitative estimate of drug-likeness (QED) is 0.732. The van der Waals surface area contributed by atoms with Gasteiger partial charge in [0.05, 0.1) is 5.56 Å². The number of benzene rings is 2. The van der Waals surface area contributed by atoms with E-state index in [2.05, 4.69) is 34.3 Å². The Balaban J connectivity index is 1.43.